The maximum Gasteiger partial charge on any atom is 0.130 e. The summed E-state index contributed by atoms with van der Waals surface area (Å²) in [5, 5.41) is 9.14. The zero-order valence-corrected chi connectivity index (χ0v) is 10.2. The molecule has 4 heteroatoms. The highest BCUT2D eigenvalue weighted by Gasteiger charge is 2.19. The van der Waals surface area contributed by atoms with Gasteiger partial charge >= 0.3 is 0 Å². The minimum absolute atomic E-state index is 0.108. The van der Waals surface area contributed by atoms with Crippen molar-refractivity contribution in [2.45, 2.75) is 19.9 Å². The number of aliphatic hydroxyl groups is 1. The van der Waals surface area contributed by atoms with Crippen molar-refractivity contribution in [3.05, 3.63) is 22.8 Å². The smallest absolute Gasteiger partial charge is 0.130 e. The molecule has 0 radical (unpaired) electrons. The zero-order valence-electron chi connectivity index (χ0n) is 10.2. The molecule has 1 unspecified atom stereocenters. The molecule has 0 amide bonds. The molecule has 16 heavy (non-hydrogen) atoms. The molecule has 0 spiro atoms. The lowest BCUT2D eigenvalue weighted by Gasteiger charge is -2.20. The first-order chi connectivity index (χ1) is 7.56. The average Bonchev–Trinajstić information content (AvgIpc) is 2.29. The van der Waals surface area contributed by atoms with Crippen LogP contribution in [0.15, 0.2) is 6.07 Å². The molecular weight excluding hydrogens is 206 g/mol. The maximum atomic E-state index is 9.14. The van der Waals surface area contributed by atoms with Crippen LogP contribution in [0, 0.1) is 13.8 Å². The molecule has 4 nitrogen and oxygen atoms in total. The zero-order chi connectivity index (χ0) is 12.3. The lowest BCUT2D eigenvalue weighted by Crippen LogP contribution is -2.17. The fraction of sp³-hybridized carbons (Fsp3) is 0.500. The summed E-state index contributed by atoms with van der Waals surface area (Å²) >= 11 is 0. The van der Waals surface area contributed by atoms with Crippen molar-refractivity contribution in [1.82, 2.24) is 0 Å². The van der Waals surface area contributed by atoms with Gasteiger partial charge in [0.25, 0.3) is 0 Å². The van der Waals surface area contributed by atoms with E-state index in [1.54, 1.807) is 14.2 Å². The monoisotopic (exact) mass is 225 g/mol. The van der Waals surface area contributed by atoms with E-state index in [1.807, 2.05) is 19.9 Å². The Bertz CT molecular complexity index is 377. The van der Waals surface area contributed by atoms with E-state index < -0.39 is 6.04 Å². The number of nitrogens with two attached hydrogens (primary N) is 1. The Hall–Kier alpha value is -1.26. The SMILES string of the molecule is COc1cc(C)c(C(N)CO)c(OC)c1C. The van der Waals surface area contributed by atoms with Crippen molar-refractivity contribution in [3.63, 3.8) is 0 Å². The fourth-order valence-corrected chi connectivity index (χ4v) is 1.90. The van der Waals surface area contributed by atoms with Gasteiger partial charge in [-0.1, -0.05) is 0 Å². The number of benzene rings is 1. The number of aryl methyl sites for hydroxylation is 1. The molecule has 0 fully saturated rings. The second kappa shape index (κ2) is 5.18. The van der Waals surface area contributed by atoms with E-state index in [1.165, 1.54) is 0 Å². The van der Waals surface area contributed by atoms with E-state index in [0.29, 0.717) is 5.75 Å². The highest BCUT2D eigenvalue weighted by atomic mass is 16.5. The molecule has 1 aromatic carbocycles. The summed E-state index contributed by atoms with van der Waals surface area (Å²) in [6.07, 6.45) is 0. The molecule has 0 aliphatic rings. The Morgan fingerprint density at radius 3 is 2.38 bits per heavy atom. The van der Waals surface area contributed by atoms with Gasteiger partial charge in [0.05, 0.1) is 26.9 Å². The third-order valence-electron chi connectivity index (χ3n) is 2.72. The second-order valence-electron chi connectivity index (χ2n) is 3.76. The molecule has 0 saturated heterocycles. The number of hydrogen-bond donors (Lipinski definition) is 2. The molecule has 1 atom stereocenters. The molecule has 1 rings (SSSR count). The van der Waals surface area contributed by atoms with Gasteiger partial charge in [0, 0.05) is 11.1 Å². The van der Waals surface area contributed by atoms with Crippen LogP contribution in [0.2, 0.25) is 0 Å². The first-order valence-electron chi connectivity index (χ1n) is 5.15. The summed E-state index contributed by atoms with van der Waals surface area (Å²) in [4.78, 5) is 0. The maximum absolute atomic E-state index is 9.14. The van der Waals surface area contributed by atoms with E-state index in [0.717, 1.165) is 22.4 Å². The van der Waals surface area contributed by atoms with Crippen molar-refractivity contribution in [2.24, 2.45) is 5.73 Å². The number of rotatable bonds is 4. The Balaban J connectivity index is 3.42. The molecule has 3 N–H and O–H groups in total. The molecule has 0 heterocycles. The summed E-state index contributed by atoms with van der Waals surface area (Å²) in [6.45, 7) is 3.73. The van der Waals surface area contributed by atoms with Gasteiger partial charge < -0.3 is 20.3 Å². The molecule has 0 saturated carbocycles. The quantitative estimate of drug-likeness (QED) is 0.811. The highest BCUT2D eigenvalue weighted by molar-refractivity contribution is 5.54. The van der Waals surface area contributed by atoms with Crippen LogP contribution < -0.4 is 15.2 Å². The third-order valence-corrected chi connectivity index (χ3v) is 2.72. The molecule has 0 bridgehead atoms. The van der Waals surface area contributed by atoms with Gasteiger partial charge in [0.15, 0.2) is 0 Å². The lowest BCUT2D eigenvalue weighted by atomic mass is 9.97. The predicted octanol–water partition coefficient (Wildman–Crippen LogP) is 1.31. The van der Waals surface area contributed by atoms with Crippen LogP contribution in [0.3, 0.4) is 0 Å². The largest absolute Gasteiger partial charge is 0.496 e. The summed E-state index contributed by atoms with van der Waals surface area (Å²) in [7, 11) is 3.21. The Morgan fingerprint density at radius 1 is 1.31 bits per heavy atom. The normalized spacial score (nSPS) is 12.4. The number of aliphatic hydroxyl groups excluding tert-OH is 1. The topological polar surface area (TPSA) is 64.7 Å². The second-order valence-corrected chi connectivity index (χ2v) is 3.76. The van der Waals surface area contributed by atoms with Gasteiger partial charge in [-0.05, 0) is 25.5 Å². The molecule has 0 aliphatic heterocycles. The fourth-order valence-electron chi connectivity index (χ4n) is 1.90. The molecule has 1 aromatic rings. The molecule has 0 aliphatic carbocycles. The minimum Gasteiger partial charge on any atom is -0.496 e. The summed E-state index contributed by atoms with van der Waals surface area (Å²) < 4.78 is 10.6. The summed E-state index contributed by atoms with van der Waals surface area (Å²) in [5.74, 6) is 1.46. The van der Waals surface area contributed by atoms with Crippen LogP contribution >= 0.6 is 0 Å². The summed E-state index contributed by atoms with van der Waals surface area (Å²) in [5.41, 5.74) is 8.55. The lowest BCUT2D eigenvalue weighted by molar-refractivity contribution is 0.263. The highest BCUT2D eigenvalue weighted by Crippen LogP contribution is 2.36. The summed E-state index contributed by atoms with van der Waals surface area (Å²) in [6, 6.07) is 1.47. The van der Waals surface area contributed by atoms with E-state index in [4.69, 9.17) is 20.3 Å². The standard InChI is InChI=1S/C12H19NO3/c1-7-5-10(15-3)8(2)12(16-4)11(7)9(13)6-14/h5,9,14H,6,13H2,1-4H3. The number of hydrogen-bond acceptors (Lipinski definition) is 4. The minimum atomic E-state index is -0.431. The van der Waals surface area contributed by atoms with Gasteiger partial charge in [-0.15, -0.1) is 0 Å². The van der Waals surface area contributed by atoms with Gasteiger partial charge in [-0.2, -0.15) is 0 Å². The van der Waals surface area contributed by atoms with Crippen LogP contribution in [0.4, 0.5) is 0 Å². The van der Waals surface area contributed by atoms with Crippen molar-refractivity contribution in [3.8, 4) is 11.5 Å². The number of methoxy groups -OCH3 is 2. The van der Waals surface area contributed by atoms with Crippen LogP contribution in [-0.2, 0) is 0 Å². The van der Waals surface area contributed by atoms with Crippen LogP contribution in [0.25, 0.3) is 0 Å². The van der Waals surface area contributed by atoms with Crippen molar-refractivity contribution in [1.29, 1.82) is 0 Å². The Morgan fingerprint density at radius 2 is 1.94 bits per heavy atom. The van der Waals surface area contributed by atoms with Crippen LogP contribution in [-0.4, -0.2) is 25.9 Å². The average molecular weight is 225 g/mol. The van der Waals surface area contributed by atoms with Gasteiger partial charge in [0.1, 0.15) is 11.5 Å². The Labute approximate surface area is 96.0 Å². The first-order valence-corrected chi connectivity index (χ1v) is 5.15. The van der Waals surface area contributed by atoms with Crippen molar-refractivity contribution >= 4 is 0 Å². The number of ether oxygens (including phenoxy) is 2. The molecule has 0 aromatic heterocycles. The van der Waals surface area contributed by atoms with Gasteiger partial charge in [-0.25, -0.2) is 0 Å². The van der Waals surface area contributed by atoms with Crippen LogP contribution in [0.5, 0.6) is 11.5 Å². The van der Waals surface area contributed by atoms with Crippen molar-refractivity contribution < 1.29 is 14.6 Å². The van der Waals surface area contributed by atoms with Gasteiger partial charge in [0.2, 0.25) is 0 Å². The van der Waals surface area contributed by atoms with Crippen molar-refractivity contribution in [2.75, 3.05) is 20.8 Å². The van der Waals surface area contributed by atoms with E-state index in [9.17, 15) is 0 Å². The molecule has 90 valence electrons. The van der Waals surface area contributed by atoms with Crippen LogP contribution in [0.1, 0.15) is 22.7 Å². The first kappa shape index (κ1) is 12.8. The predicted molar refractivity (Wildman–Crippen MR) is 63.0 cm³/mol. The van der Waals surface area contributed by atoms with E-state index >= 15 is 0 Å². The Kier molecular flexibility index (Phi) is 4.15. The molecular formula is C12H19NO3. The van der Waals surface area contributed by atoms with E-state index in [-0.39, 0.29) is 6.61 Å². The van der Waals surface area contributed by atoms with Gasteiger partial charge in [-0.3, -0.25) is 0 Å². The third kappa shape index (κ3) is 2.13. The van der Waals surface area contributed by atoms with E-state index in [2.05, 4.69) is 0 Å².